The van der Waals surface area contributed by atoms with Crippen LogP contribution < -0.4 is 15.4 Å². The zero-order valence-corrected chi connectivity index (χ0v) is 20.0. The molecule has 0 aromatic heterocycles. The highest BCUT2D eigenvalue weighted by Crippen LogP contribution is 2.31. The van der Waals surface area contributed by atoms with Crippen LogP contribution in [-0.4, -0.2) is 62.9 Å². The predicted molar refractivity (Wildman–Crippen MR) is 127 cm³/mol. The van der Waals surface area contributed by atoms with Crippen molar-refractivity contribution in [1.82, 2.24) is 15.5 Å². The van der Waals surface area contributed by atoms with Gasteiger partial charge < -0.3 is 25.0 Å². The molecule has 0 amide bonds. The third-order valence-electron chi connectivity index (χ3n) is 6.01. The highest BCUT2D eigenvalue weighted by molar-refractivity contribution is 14.0. The molecule has 1 aromatic rings. The van der Waals surface area contributed by atoms with Crippen LogP contribution in [0.25, 0.3) is 0 Å². The van der Waals surface area contributed by atoms with E-state index in [1.807, 2.05) is 7.05 Å². The Kier molecular flexibility index (Phi) is 8.44. The summed E-state index contributed by atoms with van der Waals surface area (Å²) in [5, 5.41) is 6.97. The molecule has 1 aromatic carbocycles. The van der Waals surface area contributed by atoms with Gasteiger partial charge in [0.25, 0.3) is 0 Å². The van der Waals surface area contributed by atoms with Gasteiger partial charge in [0.15, 0.2) is 5.96 Å². The number of hydrogen-bond acceptors (Lipinski definition) is 4. The molecule has 2 aliphatic heterocycles. The fourth-order valence-corrected chi connectivity index (χ4v) is 4.14. The van der Waals surface area contributed by atoms with E-state index < -0.39 is 0 Å². The second-order valence-electron chi connectivity index (χ2n) is 8.40. The number of nitrogens with one attached hydrogen (secondary N) is 2. The van der Waals surface area contributed by atoms with Crippen molar-refractivity contribution in [3.63, 3.8) is 0 Å². The molecule has 1 aliphatic carbocycles. The molecule has 29 heavy (non-hydrogen) atoms. The number of aliphatic imine (C=N–C) groups is 1. The minimum atomic E-state index is 0. The number of ether oxygens (including phenoxy) is 2. The molecule has 3 aliphatic rings. The van der Waals surface area contributed by atoms with Crippen LogP contribution in [0.1, 0.15) is 36.8 Å². The summed E-state index contributed by atoms with van der Waals surface area (Å²) in [5.41, 5.74) is 2.36. The first-order valence-electron chi connectivity index (χ1n) is 10.7. The van der Waals surface area contributed by atoms with Gasteiger partial charge in [-0.15, -0.1) is 24.0 Å². The average Bonchev–Trinajstić information content (AvgIpc) is 3.21. The molecule has 2 atom stereocenters. The summed E-state index contributed by atoms with van der Waals surface area (Å²) in [5.74, 6) is 2.54. The lowest BCUT2D eigenvalue weighted by Crippen LogP contribution is -2.40. The molecule has 0 spiro atoms. The van der Waals surface area contributed by atoms with Crippen molar-refractivity contribution in [3.05, 3.63) is 29.3 Å². The van der Waals surface area contributed by atoms with E-state index in [1.54, 1.807) is 0 Å². The van der Waals surface area contributed by atoms with Crippen molar-refractivity contribution < 1.29 is 9.47 Å². The predicted octanol–water partition coefficient (Wildman–Crippen LogP) is 2.93. The Hall–Kier alpha value is -1.06. The quantitative estimate of drug-likeness (QED) is 0.333. The van der Waals surface area contributed by atoms with Crippen LogP contribution in [-0.2, 0) is 11.3 Å². The number of guanidine groups is 1. The standard InChI is InChI=1S/C22H34N4O2.HI/c1-16-3-4-18(21(11-16)28-20-8-10-27-15-20)13-25-22(23-2)24-12-17-7-9-26(14-17)19-5-6-19;/h3-4,11,17,19-20H,5-10,12-15H2,1-2H3,(H2,23,24,25);1H. The maximum absolute atomic E-state index is 6.20. The van der Waals surface area contributed by atoms with E-state index in [0.717, 1.165) is 48.8 Å². The maximum atomic E-state index is 6.20. The molecule has 162 valence electrons. The Morgan fingerprint density at radius 2 is 2.10 bits per heavy atom. The topological polar surface area (TPSA) is 58.1 Å². The molecular weight excluding hydrogens is 479 g/mol. The van der Waals surface area contributed by atoms with E-state index in [0.29, 0.717) is 13.2 Å². The number of halogens is 1. The molecule has 4 rings (SSSR count). The minimum absolute atomic E-state index is 0. The molecule has 0 bridgehead atoms. The SMILES string of the molecule is CN=C(NCc1ccc(C)cc1OC1CCOC1)NCC1CCN(C2CC2)C1.I. The van der Waals surface area contributed by atoms with Crippen LogP contribution in [0.15, 0.2) is 23.2 Å². The molecule has 2 unspecified atom stereocenters. The Morgan fingerprint density at radius 1 is 1.24 bits per heavy atom. The number of aryl methyl sites for hydroxylation is 1. The van der Waals surface area contributed by atoms with Crippen molar-refractivity contribution in [2.75, 3.05) is 39.9 Å². The van der Waals surface area contributed by atoms with Gasteiger partial charge >= 0.3 is 0 Å². The van der Waals surface area contributed by atoms with Crippen LogP contribution >= 0.6 is 24.0 Å². The summed E-state index contributed by atoms with van der Waals surface area (Å²) in [7, 11) is 1.84. The average molecular weight is 514 g/mol. The van der Waals surface area contributed by atoms with E-state index in [-0.39, 0.29) is 30.1 Å². The minimum Gasteiger partial charge on any atom is -0.488 e. The lowest BCUT2D eigenvalue weighted by Gasteiger charge is -2.19. The van der Waals surface area contributed by atoms with Crippen molar-refractivity contribution >= 4 is 29.9 Å². The van der Waals surface area contributed by atoms with Crippen LogP contribution in [0.2, 0.25) is 0 Å². The summed E-state index contributed by atoms with van der Waals surface area (Å²) in [6.07, 6.45) is 5.22. The molecule has 1 saturated carbocycles. The van der Waals surface area contributed by atoms with Crippen LogP contribution in [0.3, 0.4) is 0 Å². The van der Waals surface area contributed by atoms with Gasteiger partial charge in [0.1, 0.15) is 11.9 Å². The number of hydrogen-bond donors (Lipinski definition) is 2. The zero-order chi connectivity index (χ0) is 19.3. The number of rotatable bonds is 7. The van der Waals surface area contributed by atoms with E-state index in [4.69, 9.17) is 9.47 Å². The van der Waals surface area contributed by atoms with Crippen LogP contribution in [0.4, 0.5) is 0 Å². The largest absolute Gasteiger partial charge is 0.488 e. The zero-order valence-electron chi connectivity index (χ0n) is 17.7. The first-order chi connectivity index (χ1) is 13.7. The van der Waals surface area contributed by atoms with Crippen molar-refractivity contribution in [2.24, 2.45) is 10.9 Å². The Morgan fingerprint density at radius 3 is 2.83 bits per heavy atom. The molecule has 3 fully saturated rings. The van der Waals surface area contributed by atoms with Gasteiger partial charge in [-0.25, -0.2) is 0 Å². The number of likely N-dealkylation sites (tertiary alicyclic amines) is 1. The third kappa shape index (κ3) is 6.46. The molecular formula is C22H35IN4O2. The lowest BCUT2D eigenvalue weighted by atomic mass is 10.1. The van der Waals surface area contributed by atoms with Gasteiger partial charge in [-0.3, -0.25) is 4.99 Å². The van der Waals surface area contributed by atoms with Crippen molar-refractivity contribution in [1.29, 1.82) is 0 Å². The van der Waals surface area contributed by atoms with Crippen molar-refractivity contribution in [3.8, 4) is 5.75 Å². The molecule has 2 N–H and O–H groups in total. The summed E-state index contributed by atoms with van der Waals surface area (Å²) >= 11 is 0. The van der Waals surface area contributed by atoms with Gasteiger partial charge in [-0.05, 0) is 50.3 Å². The molecule has 0 radical (unpaired) electrons. The molecule has 6 nitrogen and oxygen atoms in total. The van der Waals surface area contributed by atoms with E-state index in [1.165, 1.54) is 37.9 Å². The molecule has 2 saturated heterocycles. The Labute approximate surface area is 191 Å². The Balaban J connectivity index is 0.00000240. The van der Waals surface area contributed by atoms with Crippen LogP contribution in [0, 0.1) is 12.8 Å². The summed E-state index contributed by atoms with van der Waals surface area (Å²) in [6, 6.07) is 7.28. The fourth-order valence-electron chi connectivity index (χ4n) is 4.14. The molecule has 7 heteroatoms. The smallest absolute Gasteiger partial charge is 0.191 e. The van der Waals surface area contributed by atoms with Gasteiger partial charge in [-0.1, -0.05) is 12.1 Å². The highest BCUT2D eigenvalue weighted by Gasteiger charge is 2.34. The first kappa shape index (κ1) is 22.6. The van der Waals surface area contributed by atoms with E-state index in [2.05, 4.69) is 45.6 Å². The third-order valence-corrected chi connectivity index (χ3v) is 6.01. The Bertz CT molecular complexity index is 689. The summed E-state index contributed by atoms with van der Waals surface area (Å²) in [4.78, 5) is 7.06. The van der Waals surface area contributed by atoms with Gasteiger partial charge in [-0.2, -0.15) is 0 Å². The van der Waals surface area contributed by atoms with Gasteiger partial charge in [0.05, 0.1) is 13.2 Å². The summed E-state index contributed by atoms with van der Waals surface area (Å²) in [6.45, 7) is 7.75. The van der Waals surface area contributed by atoms with E-state index in [9.17, 15) is 0 Å². The first-order valence-corrected chi connectivity index (χ1v) is 10.7. The highest BCUT2D eigenvalue weighted by atomic mass is 127. The monoisotopic (exact) mass is 514 g/mol. The fraction of sp³-hybridized carbons (Fsp3) is 0.682. The van der Waals surface area contributed by atoms with Gasteiger partial charge in [0.2, 0.25) is 0 Å². The second-order valence-corrected chi connectivity index (χ2v) is 8.40. The maximum Gasteiger partial charge on any atom is 0.191 e. The lowest BCUT2D eigenvalue weighted by molar-refractivity contribution is 0.140. The number of benzene rings is 1. The van der Waals surface area contributed by atoms with Gasteiger partial charge in [0, 0.05) is 44.7 Å². The number of nitrogens with zero attached hydrogens (tertiary/aromatic N) is 2. The second kappa shape index (κ2) is 10.8. The van der Waals surface area contributed by atoms with Crippen LogP contribution in [0.5, 0.6) is 5.75 Å². The molecule has 2 heterocycles. The van der Waals surface area contributed by atoms with E-state index >= 15 is 0 Å². The summed E-state index contributed by atoms with van der Waals surface area (Å²) < 4.78 is 11.7. The van der Waals surface area contributed by atoms with Crippen molar-refractivity contribution in [2.45, 2.75) is 51.3 Å². The normalized spacial score (nSPS) is 25.0.